The van der Waals surface area contributed by atoms with Crippen LogP contribution in [-0.2, 0) is 19.1 Å². The number of nitrogens with one attached hydrogen (secondary N) is 1. The molecule has 0 aromatic carbocycles. The normalized spacial score (nSPS) is 13.5. The second-order valence-corrected chi connectivity index (χ2v) is 4.40. The topological polar surface area (TPSA) is 119 Å². The third kappa shape index (κ3) is 5.87. The van der Waals surface area contributed by atoms with Crippen LogP contribution in [0.5, 0.6) is 0 Å². The molecule has 0 saturated heterocycles. The summed E-state index contributed by atoms with van der Waals surface area (Å²) in [5.74, 6) is -2.30. The maximum Gasteiger partial charge on any atom is 0.332 e. The van der Waals surface area contributed by atoms with Gasteiger partial charge in [-0.25, -0.2) is 9.59 Å². The van der Waals surface area contributed by atoms with Gasteiger partial charge in [0.05, 0.1) is 6.61 Å². The second kappa shape index (κ2) is 8.76. The minimum atomic E-state index is -1.50. The van der Waals surface area contributed by atoms with E-state index in [1.54, 1.807) is 6.92 Å². The summed E-state index contributed by atoms with van der Waals surface area (Å²) in [7, 11) is 0. The molecule has 0 saturated carbocycles. The van der Waals surface area contributed by atoms with Crippen molar-refractivity contribution in [3.63, 3.8) is 0 Å². The van der Waals surface area contributed by atoms with Gasteiger partial charge in [0.25, 0.3) is 0 Å². The molecule has 1 unspecified atom stereocenters. The number of thioether (sulfide) groups is 1. The van der Waals surface area contributed by atoms with Crippen LogP contribution in [0.15, 0.2) is 0 Å². The Hall–Kier alpha value is -1.28. The van der Waals surface area contributed by atoms with Crippen LogP contribution in [0.1, 0.15) is 13.3 Å². The Morgan fingerprint density at radius 2 is 2.06 bits per heavy atom. The van der Waals surface area contributed by atoms with Crippen molar-refractivity contribution in [2.75, 3.05) is 18.6 Å². The number of esters is 1. The molecule has 0 aliphatic heterocycles. The van der Waals surface area contributed by atoms with Crippen molar-refractivity contribution >= 4 is 29.6 Å². The van der Waals surface area contributed by atoms with Gasteiger partial charge in [-0.15, -0.1) is 0 Å². The zero-order chi connectivity index (χ0) is 14.1. The lowest BCUT2D eigenvalue weighted by molar-refractivity contribution is -0.150. The van der Waals surface area contributed by atoms with Gasteiger partial charge in [-0.2, -0.15) is 11.8 Å². The Morgan fingerprint density at radius 1 is 1.44 bits per heavy atom. The molecule has 0 aliphatic carbocycles. The first-order chi connectivity index (χ1) is 8.43. The van der Waals surface area contributed by atoms with Crippen LogP contribution in [0.25, 0.3) is 0 Å². The number of hydrogen-bond donors (Lipinski definition) is 3. The first-order valence-corrected chi connectivity index (χ1v) is 6.77. The fourth-order valence-corrected chi connectivity index (χ4v) is 1.57. The number of carboxylic acids is 1. The van der Waals surface area contributed by atoms with Gasteiger partial charge in [-0.3, -0.25) is 4.79 Å². The highest BCUT2D eigenvalue weighted by atomic mass is 32.2. The van der Waals surface area contributed by atoms with E-state index >= 15 is 0 Å². The molecule has 0 bridgehead atoms. The van der Waals surface area contributed by atoms with E-state index in [0.29, 0.717) is 5.75 Å². The summed E-state index contributed by atoms with van der Waals surface area (Å²) in [6.07, 6.45) is 2.09. The monoisotopic (exact) mass is 278 g/mol. The number of amides is 1. The molecule has 8 heteroatoms. The van der Waals surface area contributed by atoms with Crippen molar-refractivity contribution in [3.05, 3.63) is 0 Å². The summed E-state index contributed by atoms with van der Waals surface area (Å²) in [6, 6.07) is -2.55. The maximum absolute atomic E-state index is 11.5. The molecule has 2 atom stereocenters. The number of rotatable bonds is 8. The average molecular weight is 278 g/mol. The highest BCUT2D eigenvalue weighted by molar-refractivity contribution is 7.98. The molecule has 0 aromatic rings. The van der Waals surface area contributed by atoms with Crippen LogP contribution in [0.3, 0.4) is 0 Å². The van der Waals surface area contributed by atoms with Crippen LogP contribution in [0, 0.1) is 0 Å². The van der Waals surface area contributed by atoms with Gasteiger partial charge in [0.2, 0.25) is 5.91 Å². The van der Waals surface area contributed by atoms with Crippen molar-refractivity contribution in [1.82, 2.24) is 5.32 Å². The predicted octanol–water partition coefficient (Wildman–Crippen LogP) is -0.801. The molecular formula is C10H18N2O5S. The van der Waals surface area contributed by atoms with E-state index in [2.05, 4.69) is 10.1 Å². The number of hydrogen-bond acceptors (Lipinski definition) is 6. The fourth-order valence-electron chi connectivity index (χ4n) is 1.09. The highest BCUT2D eigenvalue weighted by Gasteiger charge is 2.27. The number of ether oxygens (including phenoxy) is 1. The van der Waals surface area contributed by atoms with Gasteiger partial charge in [0.15, 0.2) is 6.04 Å². The Labute approximate surface area is 109 Å². The lowest BCUT2D eigenvalue weighted by Gasteiger charge is -2.16. The zero-order valence-electron chi connectivity index (χ0n) is 10.3. The lowest BCUT2D eigenvalue weighted by Crippen LogP contribution is -2.52. The first kappa shape index (κ1) is 16.7. The molecule has 0 rings (SSSR count). The molecule has 0 spiro atoms. The van der Waals surface area contributed by atoms with Gasteiger partial charge in [0.1, 0.15) is 6.04 Å². The SMILES string of the molecule is CCOC(=O)C(N)C(=O)N[C@H](CCSC)C(=O)O. The van der Waals surface area contributed by atoms with Crippen molar-refractivity contribution in [1.29, 1.82) is 0 Å². The molecular weight excluding hydrogens is 260 g/mol. The Morgan fingerprint density at radius 3 is 2.50 bits per heavy atom. The third-order valence-electron chi connectivity index (χ3n) is 2.05. The summed E-state index contributed by atoms with van der Waals surface area (Å²) < 4.78 is 4.57. The molecule has 0 heterocycles. The van der Waals surface area contributed by atoms with E-state index in [9.17, 15) is 14.4 Å². The van der Waals surface area contributed by atoms with Crippen molar-refractivity contribution in [3.8, 4) is 0 Å². The summed E-state index contributed by atoms with van der Waals surface area (Å²) in [6.45, 7) is 1.69. The number of carbonyl (C=O) groups excluding carboxylic acids is 2. The van der Waals surface area contributed by atoms with Gasteiger partial charge in [0, 0.05) is 0 Å². The quantitative estimate of drug-likeness (QED) is 0.393. The molecule has 0 aliphatic rings. The largest absolute Gasteiger partial charge is 0.480 e. The average Bonchev–Trinajstić information content (AvgIpc) is 2.33. The maximum atomic E-state index is 11.5. The van der Waals surface area contributed by atoms with Crippen LogP contribution in [0.2, 0.25) is 0 Å². The van der Waals surface area contributed by atoms with E-state index in [1.165, 1.54) is 11.8 Å². The third-order valence-corrected chi connectivity index (χ3v) is 2.69. The minimum Gasteiger partial charge on any atom is -0.480 e. The van der Waals surface area contributed by atoms with E-state index in [-0.39, 0.29) is 13.0 Å². The second-order valence-electron chi connectivity index (χ2n) is 3.41. The standard InChI is InChI=1S/C10H18N2O5S/c1-3-17-10(16)7(11)8(13)12-6(9(14)15)4-5-18-2/h6-7H,3-5,11H2,1-2H3,(H,12,13)(H,14,15)/t6-,7?/m1/s1. The molecule has 7 nitrogen and oxygen atoms in total. The lowest BCUT2D eigenvalue weighted by atomic mass is 10.2. The predicted molar refractivity (Wildman–Crippen MR) is 67.2 cm³/mol. The van der Waals surface area contributed by atoms with Gasteiger partial charge < -0.3 is 20.9 Å². The molecule has 4 N–H and O–H groups in total. The summed E-state index contributed by atoms with van der Waals surface area (Å²) in [5.41, 5.74) is 5.34. The van der Waals surface area contributed by atoms with Gasteiger partial charge in [-0.1, -0.05) is 0 Å². The van der Waals surface area contributed by atoms with Gasteiger partial charge >= 0.3 is 11.9 Å². The Bertz CT molecular complexity index is 311. The molecule has 0 fully saturated rings. The summed E-state index contributed by atoms with van der Waals surface area (Å²) in [4.78, 5) is 33.6. The fraction of sp³-hybridized carbons (Fsp3) is 0.700. The number of aliphatic carboxylic acids is 1. The minimum absolute atomic E-state index is 0.106. The van der Waals surface area contributed by atoms with E-state index in [1.807, 2.05) is 6.26 Å². The summed E-state index contributed by atoms with van der Waals surface area (Å²) in [5, 5.41) is 11.1. The van der Waals surface area contributed by atoms with E-state index < -0.39 is 29.9 Å². The smallest absolute Gasteiger partial charge is 0.332 e. The zero-order valence-corrected chi connectivity index (χ0v) is 11.2. The van der Waals surface area contributed by atoms with Crippen molar-refractivity contribution in [2.45, 2.75) is 25.4 Å². The Balaban J connectivity index is 4.40. The molecule has 1 amide bonds. The molecule has 104 valence electrons. The van der Waals surface area contributed by atoms with Gasteiger partial charge in [-0.05, 0) is 25.4 Å². The van der Waals surface area contributed by atoms with Crippen LogP contribution in [0.4, 0.5) is 0 Å². The van der Waals surface area contributed by atoms with Crippen LogP contribution < -0.4 is 11.1 Å². The highest BCUT2D eigenvalue weighted by Crippen LogP contribution is 2.01. The van der Waals surface area contributed by atoms with E-state index in [0.717, 1.165) is 0 Å². The molecule has 18 heavy (non-hydrogen) atoms. The molecule has 0 aromatic heterocycles. The summed E-state index contributed by atoms with van der Waals surface area (Å²) >= 11 is 1.46. The Kier molecular flexibility index (Phi) is 8.14. The van der Waals surface area contributed by atoms with Crippen molar-refractivity contribution in [2.24, 2.45) is 5.73 Å². The van der Waals surface area contributed by atoms with Crippen LogP contribution in [-0.4, -0.2) is 53.7 Å². The van der Waals surface area contributed by atoms with Crippen LogP contribution >= 0.6 is 11.8 Å². The number of carboxylic acid groups (broad SMARTS) is 1. The van der Waals surface area contributed by atoms with Crippen molar-refractivity contribution < 1.29 is 24.2 Å². The first-order valence-electron chi connectivity index (χ1n) is 5.38. The molecule has 0 radical (unpaired) electrons. The number of carbonyl (C=O) groups is 3. The van der Waals surface area contributed by atoms with E-state index in [4.69, 9.17) is 10.8 Å². The number of nitrogens with two attached hydrogens (primary N) is 1.